The molecule has 0 atom stereocenters. The van der Waals surface area contributed by atoms with Gasteiger partial charge in [0.1, 0.15) is 0 Å². The van der Waals surface area contributed by atoms with Crippen LogP contribution in [0.3, 0.4) is 0 Å². The molecule has 0 saturated carbocycles. The highest BCUT2D eigenvalue weighted by atomic mass is 35.5. The Labute approximate surface area is 94.0 Å². The molecule has 0 aliphatic rings. The molecule has 0 spiro atoms. The van der Waals surface area contributed by atoms with Crippen LogP contribution in [0.4, 0.5) is 0 Å². The van der Waals surface area contributed by atoms with Gasteiger partial charge in [-0.05, 0) is 17.2 Å². The number of hydrogen-bond donors (Lipinski definition) is 1. The van der Waals surface area contributed by atoms with Gasteiger partial charge >= 0.3 is 0 Å². The third kappa shape index (κ3) is 2.04. The third-order valence-corrected chi connectivity index (χ3v) is 2.68. The van der Waals surface area contributed by atoms with Crippen molar-refractivity contribution in [2.24, 2.45) is 0 Å². The van der Waals surface area contributed by atoms with Gasteiger partial charge in [0.25, 0.3) is 0 Å². The second kappa shape index (κ2) is 4.47. The van der Waals surface area contributed by atoms with Crippen molar-refractivity contribution in [1.29, 1.82) is 0 Å². The summed E-state index contributed by atoms with van der Waals surface area (Å²) in [5.74, 6) is 0. The second-order valence-electron chi connectivity index (χ2n) is 3.30. The first-order valence-corrected chi connectivity index (χ1v) is 5.14. The lowest BCUT2D eigenvalue weighted by molar-refractivity contribution is 0.282. The molecule has 0 unspecified atom stereocenters. The number of aliphatic hydroxyl groups is 1. The molecule has 76 valence electrons. The lowest BCUT2D eigenvalue weighted by Gasteiger charge is -2.08. The Balaban J connectivity index is 2.59. The summed E-state index contributed by atoms with van der Waals surface area (Å²) in [6, 6.07) is 15.4. The van der Waals surface area contributed by atoms with Crippen LogP contribution in [-0.2, 0) is 6.61 Å². The van der Waals surface area contributed by atoms with Gasteiger partial charge in [-0.2, -0.15) is 0 Å². The van der Waals surface area contributed by atoms with E-state index in [1.807, 2.05) is 48.5 Å². The Kier molecular flexibility index (Phi) is 3.05. The Morgan fingerprint density at radius 1 is 0.867 bits per heavy atom. The van der Waals surface area contributed by atoms with E-state index in [2.05, 4.69) is 0 Å². The van der Waals surface area contributed by atoms with Crippen LogP contribution in [0.15, 0.2) is 48.5 Å². The molecule has 0 fully saturated rings. The van der Waals surface area contributed by atoms with E-state index in [9.17, 15) is 5.11 Å². The van der Waals surface area contributed by atoms with Crippen molar-refractivity contribution in [2.75, 3.05) is 0 Å². The SMILES string of the molecule is OCc1ccccc1-c1ccccc1Cl. The summed E-state index contributed by atoms with van der Waals surface area (Å²) in [5.41, 5.74) is 2.85. The Hall–Kier alpha value is -1.31. The summed E-state index contributed by atoms with van der Waals surface area (Å²) in [7, 11) is 0. The number of halogens is 1. The first-order chi connectivity index (χ1) is 7.33. The fourth-order valence-corrected chi connectivity index (χ4v) is 1.84. The maximum Gasteiger partial charge on any atom is 0.0687 e. The molecule has 0 aromatic heterocycles. The van der Waals surface area contributed by atoms with Gasteiger partial charge in [0, 0.05) is 10.6 Å². The fraction of sp³-hybridized carbons (Fsp3) is 0.0769. The summed E-state index contributed by atoms with van der Waals surface area (Å²) < 4.78 is 0. The van der Waals surface area contributed by atoms with E-state index < -0.39 is 0 Å². The lowest BCUT2D eigenvalue weighted by Crippen LogP contribution is -1.89. The zero-order valence-electron chi connectivity index (χ0n) is 8.15. The summed E-state index contributed by atoms with van der Waals surface area (Å²) in [4.78, 5) is 0. The highest BCUT2D eigenvalue weighted by Crippen LogP contribution is 2.29. The van der Waals surface area contributed by atoms with Crippen molar-refractivity contribution >= 4 is 11.6 Å². The molecule has 0 amide bonds. The van der Waals surface area contributed by atoms with Gasteiger partial charge in [0.05, 0.1) is 6.61 Å². The topological polar surface area (TPSA) is 20.2 Å². The first-order valence-electron chi connectivity index (χ1n) is 4.76. The van der Waals surface area contributed by atoms with Crippen LogP contribution in [0.25, 0.3) is 11.1 Å². The van der Waals surface area contributed by atoms with Gasteiger partial charge in [-0.1, -0.05) is 54.1 Å². The third-order valence-electron chi connectivity index (χ3n) is 2.35. The van der Waals surface area contributed by atoms with Gasteiger partial charge in [-0.15, -0.1) is 0 Å². The molecular weight excluding hydrogens is 208 g/mol. The van der Waals surface area contributed by atoms with E-state index in [-0.39, 0.29) is 6.61 Å². The number of hydrogen-bond acceptors (Lipinski definition) is 1. The predicted molar refractivity (Wildman–Crippen MR) is 62.8 cm³/mol. The van der Waals surface area contributed by atoms with Crippen molar-refractivity contribution in [3.63, 3.8) is 0 Å². The van der Waals surface area contributed by atoms with E-state index in [0.29, 0.717) is 5.02 Å². The molecule has 15 heavy (non-hydrogen) atoms. The second-order valence-corrected chi connectivity index (χ2v) is 3.70. The molecule has 0 bridgehead atoms. The number of aliphatic hydroxyl groups excluding tert-OH is 1. The van der Waals surface area contributed by atoms with Gasteiger partial charge in [0.2, 0.25) is 0 Å². The van der Waals surface area contributed by atoms with E-state index >= 15 is 0 Å². The normalized spacial score (nSPS) is 10.3. The molecule has 0 aliphatic carbocycles. The highest BCUT2D eigenvalue weighted by Gasteiger charge is 2.06. The molecule has 1 N–H and O–H groups in total. The first kappa shape index (κ1) is 10.2. The number of rotatable bonds is 2. The Bertz CT molecular complexity index is 466. The van der Waals surface area contributed by atoms with Gasteiger partial charge in [0.15, 0.2) is 0 Å². The maximum atomic E-state index is 9.23. The van der Waals surface area contributed by atoms with Crippen molar-refractivity contribution in [3.05, 3.63) is 59.1 Å². The summed E-state index contributed by atoms with van der Waals surface area (Å²) in [6.45, 7) is 0.0292. The van der Waals surface area contributed by atoms with Crippen LogP contribution in [0.5, 0.6) is 0 Å². The van der Waals surface area contributed by atoms with Crippen LogP contribution in [0.2, 0.25) is 5.02 Å². The highest BCUT2D eigenvalue weighted by molar-refractivity contribution is 6.33. The van der Waals surface area contributed by atoms with Crippen molar-refractivity contribution in [1.82, 2.24) is 0 Å². The average molecular weight is 219 g/mol. The van der Waals surface area contributed by atoms with E-state index in [1.165, 1.54) is 0 Å². The molecule has 0 saturated heterocycles. The average Bonchev–Trinajstić information content (AvgIpc) is 2.30. The van der Waals surface area contributed by atoms with Gasteiger partial charge < -0.3 is 5.11 Å². The van der Waals surface area contributed by atoms with E-state index in [1.54, 1.807) is 0 Å². The van der Waals surface area contributed by atoms with Crippen LogP contribution in [0.1, 0.15) is 5.56 Å². The molecular formula is C13H11ClO. The van der Waals surface area contributed by atoms with E-state index in [0.717, 1.165) is 16.7 Å². The van der Waals surface area contributed by atoms with Crippen molar-refractivity contribution < 1.29 is 5.11 Å². The van der Waals surface area contributed by atoms with Gasteiger partial charge in [-0.25, -0.2) is 0 Å². The Morgan fingerprint density at radius 2 is 1.47 bits per heavy atom. The molecule has 0 radical (unpaired) electrons. The summed E-state index contributed by atoms with van der Waals surface area (Å²) >= 11 is 6.11. The predicted octanol–water partition coefficient (Wildman–Crippen LogP) is 3.50. The smallest absolute Gasteiger partial charge is 0.0687 e. The molecule has 2 aromatic rings. The summed E-state index contributed by atoms with van der Waals surface area (Å²) in [6.07, 6.45) is 0. The summed E-state index contributed by atoms with van der Waals surface area (Å²) in [5, 5.41) is 9.93. The minimum atomic E-state index is 0.0292. The van der Waals surface area contributed by atoms with Crippen molar-refractivity contribution in [2.45, 2.75) is 6.61 Å². The molecule has 0 aliphatic heterocycles. The van der Waals surface area contributed by atoms with Crippen LogP contribution in [0, 0.1) is 0 Å². The van der Waals surface area contributed by atoms with Gasteiger partial charge in [-0.3, -0.25) is 0 Å². The standard InChI is InChI=1S/C13H11ClO/c14-13-8-4-3-7-12(13)11-6-2-1-5-10(11)9-15/h1-8,15H,9H2. The maximum absolute atomic E-state index is 9.23. The fourth-order valence-electron chi connectivity index (χ4n) is 1.60. The molecule has 2 aromatic carbocycles. The quantitative estimate of drug-likeness (QED) is 0.818. The largest absolute Gasteiger partial charge is 0.392 e. The molecule has 2 heteroatoms. The molecule has 0 heterocycles. The van der Waals surface area contributed by atoms with Crippen LogP contribution in [-0.4, -0.2) is 5.11 Å². The molecule has 2 rings (SSSR count). The zero-order chi connectivity index (χ0) is 10.7. The Morgan fingerprint density at radius 3 is 2.13 bits per heavy atom. The van der Waals surface area contributed by atoms with Crippen LogP contribution < -0.4 is 0 Å². The lowest BCUT2D eigenvalue weighted by atomic mass is 10.0. The minimum Gasteiger partial charge on any atom is -0.392 e. The zero-order valence-corrected chi connectivity index (χ0v) is 8.91. The monoisotopic (exact) mass is 218 g/mol. The molecule has 1 nitrogen and oxygen atoms in total. The minimum absolute atomic E-state index is 0.0292. The number of benzene rings is 2. The van der Waals surface area contributed by atoms with Crippen molar-refractivity contribution in [3.8, 4) is 11.1 Å². The van der Waals surface area contributed by atoms with Crippen LogP contribution >= 0.6 is 11.6 Å². The van der Waals surface area contributed by atoms with E-state index in [4.69, 9.17) is 11.6 Å².